The topological polar surface area (TPSA) is 64.2 Å². The zero-order chi connectivity index (χ0) is 18.0. The van der Waals surface area contributed by atoms with Crippen molar-refractivity contribution in [1.82, 2.24) is 9.36 Å². The van der Waals surface area contributed by atoms with E-state index < -0.39 is 5.78 Å². The molecule has 2 aromatic carbocycles. The highest BCUT2D eigenvalue weighted by molar-refractivity contribution is 6.07. The number of carbonyl (C=O) groups is 1. The van der Waals surface area contributed by atoms with Crippen LogP contribution in [-0.4, -0.2) is 20.3 Å². The highest BCUT2D eigenvalue weighted by Gasteiger charge is 2.20. The van der Waals surface area contributed by atoms with E-state index in [0.29, 0.717) is 16.9 Å². The van der Waals surface area contributed by atoms with E-state index in [-0.39, 0.29) is 16.9 Å². The van der Waals surface area contributed by atoms with Crippen molar-refractivity contribution >= 4 is 11.9 Å². The molecule has 0 saturated heterocycles. The van der Waals surface area contributed by atoms with Crippen LogP contribution in [0, 0.1) is 6.92 Å². The number of hydrogen-bond acceptors (Lipinski definition) is 3. The Morgan fingerprint density at radius 3 is 2.36 bits per heavy atom. The van der Waals surface area contributed by atoms with Gasteiger partial charge in [0.1, 0.15) is 11.3 Å². The SMILES string of the molecule is Cc1c(C(=O)C=Cc2ccccc2O)c(=O)n(-c2ccccc2)n1C. The van der Waals surface area contributed by atoms with Crippen LogP contribution in [0.2, 0.25) is 0 Å². The summed E-state index contributed by atoms with van der Waals surface area (Å²) in [6.45, 7) is 1.74. The average molecular weight is 334 g/mol. The van der Waals surface area contributed by atoms with Gasteiger partial charge in [-0.3, -0.25) is 14.3 Å². The number of nitrogens with zero attached hydrogens (tertiary/aromatic N) is 2. The summed E-state index contributed by atoms with van der Waals surface area (Å²) in [5.74, 6) is -0.311. The molecule has 0 atom stereocenters. The van der Waals surface area contributed by atoms with Gasteiger partial charge in [0.2, 0.25) is 0 Å². The van der Waals surface area contributed by atoms with Crippen molar-refractivity contribution in [1.29, 1.82) is 0 Å². The Balaban J connectivity index is 2.02. The molecule has 126 valence electrons. The number of phenolic OH excluding ortho intramolecular Hbond substituents is 1. The molecule has 1 heterocycles. The van der Waals surface area contributed by atoms with Crippen LogP contribution in [0.4, 0.5) is 0 Å². The van der Waals surface area contributed by atoms with Crippen molar-refractivity contribution in [3.63, 3.8) is 0 Å². The summed E-state index contributed by atoms with van der Waals surface area (Å²) < 4.78 is 3.13. The molecular weight excluding hydrogens is 316 g/mol. The standard InChI is InChI=1S/C20H18N2O3/c1-14-19(18(24)13-12-15-8-6-7-11-17(15)23)20(25)22(21(14)2)16-9-4-3-5-10-16/h3-13,23H,1-2H3. The lowest BCUT2D eigenvalue weighted by atomic mass is 10.1. The Kier molecular flexibility index (Phi) is 4.39. The zero-order valence-electron chi connectivity index (χ0n) is 14.0. The molecule has 3 rings (SSSR count). The van der Waals surface area contributed by atoms with E-state index in [0.717, 1.165) is 0 Å². The molecule has 5 heteroatoms. The Bertz CT molecular complexity index is 1010. The van der Waals surface area contributed by atoms with E-state index in [9.17, 15) is 14.7 Å². The van der Waals surface area contributed by atoms with Crippen LogP contribution in [0.25, 0.3) is 11.8 Å². The number of hydrogen-bond donors (Lipinski definition) is 1. The number of allylic oxidation sites excluding steroid dienone is 1. The molecule has 1 aromatic heterocycles. The van der Waals surface area contributed by atoms with Crippen LogP contribution in [0.1, 0.15) is 21.6 Å². The molecule has 0 saturated carbocycles. The van der Waals surface area contributed by atoms with Crippen LogP contribution < -0.4 is 5.56 Å². The van der Waals surface area contributed by atoms with E-state index in [4.69, 9.17) is 0 Å². The third-order valence-corrected chi connectivity index (χ3v) is 4.15. The molecule has 0 aliphatic carbocycles. The second kappa shape index (κ2) is 6.65. The molecule has 1 N–H and O–H groups in total. The second-order valence-corrected chi connectivity index (χ2v) is 5.69. The van der Waals surface area contributed by atoms with Gasteiger partial charge in [0.05, 0.1) is 5.69 Å². The third-order valence-electron chi connectivity index (χ3n) is 4.15. The fourth-order valence-corrected chi connectivity index (χ4v) is 2.73. The number of rotatable bonds is 4. The van der Waals surface area contributed by atoms with Crippen LogP contribution in [0.3, 0.4) is 0 Å². The first-order valence-electron chi connectivity index (χ1n) is 7.85. The normalized spacial score (nSPS) is 11.1. The van der Waals surface area contributed by atoms with E-state index in [2.05, 4.69) is 0 Å². The smallest absolute Gasteiger partial charge is 0.282 e. The fourth-order valence-electron chi connectivity index (χ4n) is 2.73. The predicted octanol–water partition coefficient (Wildman–Crippen LogP) is 3.09. The first-order valence-corrected chi connectivity index (χ1v) is 7.85. The van der Waals surface area contributed by atoms with Gasteiger partial charge < -0.3 is 5.11 Å². The van der Waals surface area contributed by atoms with Crippen LogP contribution in [0.5, 0.6) is 5.75 Å². The first kappa shape index (κ1) is 16.5. The number of carbonyl (C=O) groups excluding carboxylic acids is 1. The highest BCUT2D eigenvalue weighted by Crippen LogP contribution is 2.18. The predicted molar refractivity (Wildman–Crippen MR) is 97.2 cm³/mol. The molecule has 0 aliphatic rings. The largest absolute Gasteiger partial charge is 0.507 e. The van der Waals surface area contributed by atoms with Gasteiger partial charge in [-0.15, -0.1) is 0 Å². The van der Waals surface area contributed by atoms with Crippen molar-refractivity contribution < 1.29 is 9.90 Å². The average Bonchev–Trinajstić information content (AvgIpc) is 2.84. The minimum Gasteiger partial charge on any atom is -0.507 e. The van der Waals surface area contributed by atoms with Crippen LogP contribution in [-0.2, 0) is 7.05 Å². The molecule has 0 bridgehead atoms. The van der Waals surface area contributed by atoms with Gasteiger partial charge in [0.15, 0.2) is 5.78 Å². The minimum absolute atomic E-state index is 0.0815. The molecule has 5 nitrogen and oxygen atoms in total. The Morgan fingerprint density at radius 2 is 1.68 bits per heavy atom. The molecule has 0 spiro atoms. The number of para-hydroxylation sites is 2. The van der Waals surface area contributed by atoms with Gasteiger partial charge in [-0.05, 0) is 37.3 Å². The molecule has 0 amide bonds. The Hall–Kier alpha value is -3.34. The molecule has 0 unspecified atom stereocenters. The lowest BCUT2D eigenvalue weighted by Crippen LogP contribution is -2.22. The number of benzene rings is 2. The van der Waals surface area contributed by atoms with Gasteiger partial charge in [-0.25, -0.2) is 4.68 Å². The van der Waals surface area contributed by atoms with Crippen LogP contribution in [0.15, 0.2) is 65.5 Å². The molecule has 0 fully saturated rings. The Labute approximate surface area is 145 Å². The number of ketones is 1. The number of aromatic hydroxyl groups is 1. The zero-order valence-corrected chi connectivity index (χ0v) is 14.0. The van der Waals surface area contributed by atoms with Crippen molar-refractivity contribution in [2.75, 3.05) is 0 Å². The van der Waals surface area contributed by atoms with Gasteiger partial charge in [0, 0.05) is 18.3 Å². The molecule has 25 heavy (non-hydrogen) atoms. The van der Waals surface area contributed by atoms with Crippen molar-refractivity contribution in [2.45, 2.75) is 6.92 Å². The fraction of sp³-hybridized carbons (Fsp3) is 0.100. The summed E-state index contributed by atoms with van der Waals surface area (Å²) in [5, 5.41) is 9.77. The lowest BCUT2D eigenvalue weighted by molar-refractivity contribution is 0.104. The quantitative estimate of drug-likeness (QED) is 0.589. The minimum atomic E-state index is -0.393. The molecule has 3 aromatic rings. The number of aromatic nitrogens is 2. The van der Waals surface area contributed by atoms with Gasteiger partial charge >= 0.3 is 0 Å². The van der Waals surface area contributed by atoms with Gasteiger partial charge in [-0.2, -0.15) is 0 Å². The summed E-state index contributed by atoms with van der Waals surface area (Å²) in [7, 11) is 1.74. The number of phenols is 1. The molecule has 0 aliphatic heterocycles. The van der Waals surface area contributed by atoms with Crippen LogP contribution >= 0.6 is 0 Å². The monoisotopic (exact) mass is 334 g/mol. The second-order valence-electron chi connectivity index (χ2n) is 5.69. The maximum Gasteiger partial charge on any atom is 0.282 e. The van der Waals surface area contributed by atoms with Crippen molar-refractivity contribution in [2.24, 2.45) is 7.05 Å². The summed E-state index contributed by atoms with van der Waals surface area (Å²) in [6.07, 6.45) is 2.82. The summed E-state index contributed by atoms with van der Waals surface area (Å²) in [6, 6.07) is 15.9. The summed E-state index contributed by atoms with van der Waals surface area (Å²) in [5.41, 5.74) is 1.56. The maximum absolute atomic E-state index is 12.8. The third kappa shape index (κ3) is 3.04. The Morgan fingerprint density at radius 1 is 1.04 bits per heavy atom. The molecular formula is C20H18N2O3. The lowest BCUT2D eigenvalue weighted by Gasteiger charge is -2.07. The van der Waals surface area contributed by atoms with E-state index in [1.54, 1.807) is 42.9 Å². The highest BCUT2D eigenvalue weighted by atomic mass is 16.3. The van der Waals surface area contributed by atoms with Crippen molar-refractivity contribution in [3.05, 3.63) is 87.8 Å². The first-order chi connectivity index (χ1) is 12.0. The van der Waals surface area contributed by atoms with Gasteiger partial charge in [-0.1, -0.05) is 36.4 Å². The molecule has 0 radical (unpaired) electrons. The van der Waals surface area contributed by atoms with E-state index in [1.165, 1.54) is 16.8 Å². The van der Waals surface area contributed by atoms with Crippen molar-refractivity contribution in [3.8, 4) is 11.4 Å². The van der Waals surface area contributed by atoms with Gasteiger partial charge in [0.25, 0.3) is 5.56 Å². The van der Waals surface area contributed by atoms with E-state index >= 15 is 0 Å². The van der Waals surface area contributed by atoms with E-state index in [1.807, 2.05) is 30.3 Å². The summed E-state index contributed by atoms with van der Waals surface area (Å²) in [4.78, 5) is 25.3. The maximum atomic E-state index is 12.8. The summed E-state index contributed by atoms with van der Waals surface area (Å²) >= 11 is 0.